The number of hydrogen-bond donors (Lipinski definition) is 2. The number of hydrogen-bond acceptors (Lipinski definition) is 4. The molecule has 0 aliphatic rings. The molecule has 2 atom stereocenters. The Morgan fingerprint density at radius 1 is 1.58 bits per heavy atom. The molecule has 0 aromatic rings. The van der Waals surface area contributed by atoms with E-state index in [0.29, 0.717) is 6.42 Å². The molecule has 4 nitrogen and oxygen atoms in total. The topological polar surface area (TPSA) is 58.9 Å². The molecular formula is C8H16O4. The zero-order chi connectivity index (χ0) is 9.40. The molecule has 0 rings (SSSR count). The van der Waals surface area contributed by atoms with E-state index in [9.17, 15) is 5.11 Å². The first-order valence-electron chi connectivity index (χ1n) is 3.76. The van der Waals surface area contributed by atoms with Crippen molar-refractivity contribution in [1.29, 1.82) is 0 Å². The van der Waals surface area contributed by atoms with E-state index in [-0.39, 0.29) is 13.4 Å². The van der Waals surface area contributed by atoms with Crippen LogP contribution in [0.1, 0.15) is 6.42 Å². The van der Waals surface area contributed by atoms with E-state index in [1.807, 2.05) is 0 Å². The van der Waals surface area contributed by atoms with E-state index in [4.69, 9.17) is 9.84 Å². The van der Waals surface area contributed by atoms with Crippen molar-refractivity contribution in [2.45, 2.75) is 18.6 Å². The van der Waals surface area contributed by atoms with Gasteiger partial charge in [-0.05, 0) is 6.42 Å². The van der Waals surface area contributed by atoms with Gasteiger partial charge in [-0.25, -0.2) is 0 Å². The van der Waals surface area contributed by atoms with Gasteiger partial charge in [0.05, 0.1) is 12.7 Å². The SMILES string of the molecule is C=CC[C@H](OCOC)[C@H](O)CO. The Morgan fingerprint density at radius 3 is 2.67 bits per heavy atom. The lowest BCUT2D eigenvalue weighted by atomic mass is 10.1. The van der Waals surface area contributed by atoms with E-state index >= 15 is 0 Å². The molecular weight excluding hydrogens is 160 g/mol. The molecule has 0 saturated carbocycles. The first kappa shape index (κ1) is 11.6. The maximum atomic E-state index is 9.20. The average Bonchev–Trinajstić information content (AvgIpc) is 2.11. The molecule has 0 unspecified atom stereocenters. The van der Waals surface area contributed by atoms with Gasteiger partial charge in [0.25, 0.3) is 0 Å². The molecule has 0 aliphatic heterocycles. The van der Waals surface area contributed by atoms with Gasteiger partial charge in [0.2, 0.25) is 0 Å². The van der Waals surface area contributed by atoms with Gasteiger partial charge in [-0.15, -0.1) is 6.58 Å². The summed E-state index contributed by atoms with van der Waals surface area (Å²) in [7, 11) is 1.50. The molecule has 0 bridgehead atoms. The highest BCUT2D eigenvalue weighted by Crippen LogP contribution is 2.04. The molecule has 0 aromatic heterocycles. The maximum absolute atomic E-state index is 9.20. The standard InChI is InChI=1S/C8H16O4/c1-3-4-8(7(10)5-9)12-6-11-2/h3,7-10H,1,4-6H2,2H3/t7-,8+/m1/s1. The number of aliphatic hydroxyl groups excluding tert-OH is 2. The molecule has 0 aliphatic carbocycles. The first-order valence-corrected chi connectivity index (χ1v) is 3.76. The Balaban J connectivity index is 3.75. The second kappa shape index (κ2) is 7.24. The van der Waals surface area contributed by atoms with Crippen LogP contribution >= 0.6 is 0 Å². The zero-order valence-electron chi connectivity index (χ0n) is 7.27. The smallest absolute Gasteiger partial charge is 0.146 e. The van der Waals surface area contributed by atoms with Gasteiger partial charge in [0, 0.05) is 7.11 Å². The molecule has 0 amide bonds. The van der Waals surface area contributed by atoms with Crippen LogP contribution < -0.4 is 0 Å². The molecule has 72 valence electrons. The Morgan fingerprint density at radius 2 is 2.25 bits per heavy atom. The summed E-state index contributed by atoms with van der Waals surface area (Å²) in [5, 5.41) is 17.8. The van der Waals surface area contributed by atoms with Crippen LogP contribution in [-0.2, 0) is 9.47 Å². The van der Waals surface area contributed by atoms with Gasteiger partial charge in [0.15, 0.2) is 0 Å². The molecule has 0 saturated heterocycles. The summed E-state index contributed by atoms with van der Waals surface area (Å²) in [6.45, 7) is 3.30. The van der Waals surface area contributed by atoms with Gasteiger partial charge < -0.3 is 19.7 Å². The van der Waals surface area contributed by atoms with E-state index < -0.39 is 12.2 Å². The molecule has 0 heterocycles. The normalized spacial score (nSPS) is 15.6. The quantitative estimate of drug-likeness (QED) is 0.420. The van der Waals surface area contributed by atoms with Gasteiger partial charge in [0.1, 0.15) is 12.9 Å². The van der Waals surface area contributed by atoms with Crippen molar-refractivity contribution in [3.63, 3.8) is 0 Å². The predicted molar refractivity (Wildman–Crippen MR) is 44.7 cm³/mol. The fourth-order valence-corrected chi connectivity index (χ4v) is 0.773. The highest BCUT2D eigenvalue weighted by atomic mass is 16.7. The van der Waals surface area contributed by atoms with Gasteiger partial charge in [-0.2, -0.15) is 0 Å². The Bertz CT molecular complexity index is 116. The van der Waals surface area contributed by atoms with Gasteiger partial charge in [-0.1, -0.05) is 6.08 Å². The van der Waals surface area contributed by atoms with Crippen LogP contribution in [0.25, 0.3) is 0 Å². The van der Waals surface area contributed by atoms with Crippen molar-refractivity contribution in [2.75, 3.05) is 20.5 Å². The molecule has 2 N–H and O–H groups in total. The molecule has 0 aromatic carbocycles. The highest BCUT2D eigenvalue weighted by Gasteiger charge is 2.17. The van der Waals surface area contributed by atoms with Gasteiger partial charge in [-0.3, -0.25) is 0 Å². The van der Waals surface area contributed by atoms with Crippen LogP contribution in [0.5, 0.6) is 0 Å². The lowest BCUT2D eigenvalue weighted by Gasteiger charge is -2.19. The van der Waals surface area contributed by atoms with Crippen molar-refractivity contribution in [3.8, 4) is 0 Å². The Labute approximate surface area is 72.4 Å². The predicted octanol–water partition coefficient (Wildman–Crippen LogP) is -0.0952. The third-order valence-corrected chi connectivity index (χ3v) is 1.42. The fourth-order valence-electron chi connectivity index (χ4n) is 0.773. The average molecular weight is 176 g/mol. The number of methoxy groups -OCH3 is 1. The lowest BCUT2D eigenvalue weighted by molar-refractivity contribution is -0.119. The minimum atomic E-state index is -0.877. The van der Waals surface area contributed by atoms with Crippen LogP contribution in [-0.4, -0.2) is 42.9 Å². The largest absolute Gasteiger partial charge is 0.394 e. The lowest BCUT2D eigenvalue weighted by Crippen LogP contribution is -2.32. The summed E-state index contributed by atoms with van der Waals surface area (Å²) < 4.78 is 9.74. The summed E-state index contributed by atoms with van der Waals surface area (Å²) in [6.07, 6.45) is 0.801. The van der Waals surface area contributed by atoms with Crippen LogP contribution in [0.15, 0.2) is 12.7 Å². The van der Waals surface area contributed by atoms with Crippen LogP contribution in [0.4, 0.5) is 0 Å². The van der Waals surface area contributed by atoms with E-state index in [1.54, 1.807) is 6.08 Å². The number of aliphatic hydroxyl groups is 2. The van der Waals surface area contributed by atoms with Crippen LogP contribution in [0.3, 0.4) is 0 Å². The van der Waals surface area contributed by atoms with Crippen molar-refractivity contribution in [3.05, 3.63) is 12.7 Å². The van der Waals surface area contributed by atoms with Crippen molar-refractivity contribution in [1.82, 2.24) is 0 Å². The number of rotatable bonds is 7. The molecule has 4 heteroatoms. The monoisotopic (exact) mass is 176 g/mol. The third-order valence-electron chi connectivity index (χ3n) is 1.42. The fraction of sp³-hybridized carbons (Fsp3) is 0.750. The maximum Gasteiger partial charge on any atom is 0.146 e. The second-order valence-corrected chi connectivity index (χ2v) is 2.39. The minimum absolute atomic E-state index is 0.107. The van der Waals surface area contributed by atoms with Crippen LogP contribution in [0.2, 0.25) is 0 Å². The van der Waals surface area contributed by atoms with Gasteiger partial charge >= 0.3 is 0 Å². The Hall–Kier alpha value is -0.420. The van der Waals surface area contributed by atoms with Crippen LogP contribution in [0, 0.1) is 0 Å². The highest BCUT2D eigenvalue weighted by molar-refractivity contribution is 4.78. The van der Waals surface area contributed by atoms with E-state index in [0.717, 1.165) is 0 Å². The summed E-state index contributed by atoms with van der Waals surface area (Å²) in [6, 6.07) is 0. The third kappa shape index (κ3) is 4.46. The summed E-state index contributed by atoms with van der Waals surface area (Å²) in [4.78, 5) is 0. The molecule has 0 radical (unpaired) electrons. The number of ether oxygens (including phenoxy) is 2. The second-order valence-electron chi connectivity index (χ2n) is 2.39. The van der Waals surface area contributed by atoms with E-state index in [1.165, 1.54) is 7.11 Å². The van der Waals surface area contributed by atoms with Crippen molar-refractivity contribution >= 4 is 0 Å². The molecule has 0 fully saturated rings. The molecule has 12 heavy (non-hydrogen) atoms. The first-order chi connectivity index (χ1) is 5.76. The zero-order valence-corrected chi connectivity index (χ0v) is 7.27. The van der Waals surface area contributed by atoms with Crippen molar-refractivity contribution in [2.24, 2.45) is 0 Å². The summed E-state index contributed by atoms with van der Waals surface area (Å²) >= 11 is 0. The summed E-state index contributed by atoms with van der Waals surface area (Å²) in [5.41, 5.74) is 0. The van der Waals surface area contributed by atoms with E-state index in [2.05, 4.69) is 11.3 Å². The minimum Gasteiger partial charge on any atom is -0.394 e. The summed E-state index contributed by atoms with van der Waals surface area (Å²) in [5.74, 6) is 0. The van der Waals surface area contributed by atoms with Crippen molar-refractivity contribution < 1.29 is 19.7 Å². The molecule has 0 spiro atoms. The Kier molecular flexibility index (Phi) is 6.99.